The lowest BCUT2D eigenvalue weighted by Crippen LogP contribution is -2.54. The predicted molar refractivity (Wildman–Crippen MR) is 107 cm³/mol. The lowest BCUT2D eigenvalue weighted by Gasteiger charge is -2.43. The highest BCUT2D eigenvalue weighted by Crippen LogP contribution is 2.25. The molecule has 0 saturated carbocycles. The maximum atomic E-state index is 13.0. The number of nitrogens with zero attached hydrogens (tertiary/aromatic N) is 4. The summed E-state index contributed by atoms with van der Waals surface area (Å²) in [6.45, 7) is 11.3. The number of hydrogen-bond donors (Lipinski definition) is 1. The number of piperidine rings is 2. The Morgan fingerprint density at radius 1 is 0.963 bits per heavy atom. The van der Waals surface area contributed by atoms with Crippen LogP contribution in [-0.4, -0.2) is 110 Å². The first kappa shape index (κ1) is 20.6. The minimum absolute atomic E-state index is 0.0502. The largest absolute Gasteiger partial charge is 0.355 e. The number of rotatable bonds is 5. The third-order valence-corrected chi connectivity index (χ3v) is 6.49. The van der Waals surface area contributed by atoms with Crippen LogP contribution in [-0.2, 0) is 9.59 Å². The van der Waals surface area contributed by atoms with Crippen molar-refractivity contribution in [2.75, 3.05) is 72.5 Å². The second-order valence-electron chi connectivity index (χ2n) is 8.52. The fourth-order valence-corrected chi connectivity index (χ4v) is 4.72. The summed E-state index contributed by atoms with van der Waals surface area (Å²) in [5, 5.41) is 2.88. The maximum Gasteiger partial charge on any atom is 0.227 e. The lowest BCUT2D eigenvalue weighted by molar-refractivity contribution is -0.139. The first-order chi connectivity index (χ1) is 13.0. The Balaban J connectivity index is 1.42. The quantitative estimate of drug-likeness (QED) is 0.733. The van der Waals surface area contributed by atoms with E-state index in [4.69, 9.17) is 0 Å². The average molecular weight is 380 g/mol. The van der Waals surface area contributed by atoms with Crippen LogP contribution in [0.3, 0.4) is 0 Å². The predicted octanol–water partition coefficient (Wildman–Crippen LogP) is 0.0729. The number of hydrogen-bond acceptors (Lipinski definition) is 5. The Hall–Kier alpha value is -1.18. The standard InChI is InChI=1S/C20H37N5O2/c1-17(26)21-7-11-23-9-5-19(6-10-23)25-8-3-4-18(16-25)20(27)24-14-12-22(2)13-15-24/h18-19H,3-16H2,1-2H3,(H,21,26)/t18-/m0/s1. The SMILES string of the molecule is CC(=O)NCCN1CCC(N2CCC[C@H](C(=O)N3CCN(C)CC3)C2)CC1. The fourth-order valence-electron chi connectivity index (χ4n) is 4.72. The van der Waals surface area contributed by atoms with Crippen LogP contribution in [0.2, 0.25) is 0 Å². The van der Waals surface area contributed by atoms with E-state index in [1.807, 2.05) is 0 Å². The zero-order chi connectivity index (χ0) is 19.2. The molecule has 2 amide bonds. The molecule has 7 heteroatoms. The third-order valence-electron chi connectivity index (χ3n) is 6.49. The molecule has 3 aliphatic rings. The van der Waals surface area contributed by atoms with Gasteiger partial charge >= 0.3 is 0 Å². The van der Waals surface area contributed by atoms with Crippen LogP contribution in [0.25, 0.3) is 0 Å². The van der Waals surface area contributed by atoms with Gasteiger partial charge in [0.25, 0.3) is 0 Å². The normalized spacial score (nSPS) is 26.9. The average Bonchev–Trinajstić information content (AvgIpc) is 2.68. The van der Waals surface area contributed by atoms with E-state index in [1.54, 1.807) is 6.92 Å². The van der Waals surface area contributed by atoms with Crippen molar-refractivity contribution in [2.24, 2.45) is 5.92 Å². The van der Waals surface area contributed by atoms with Gasteiger partial charge < -0.3 is 20.0 Å². The minimum atomic E-state index is 0.0502. The van der Waals surface area contributed by atoms with Gasteiger partial charge in [-0.1, -0.05) is 0 Å². The van der Waals surface area contributed by atoms with Gasteiger partial charge in [-0.05, 0) is 52.4 Å². The minimum Gasteiger partial charge on any atom is -0.355 e. The zero-order valence-corrected chi connectivity index (χ0v) is 17.2. The number of likely N-dealkylation sites (tertiary alicyclic amines) is 2. The van der Waals surface area contributed by atoms with E-state index in [9.17, 15) is 9.59 Å². The molecule has 0 spiro atoms. The first-order valence-electron chi connectivity index (χ1n) is 10.7. The Labute approximate surface area is 164 Å². The van der Waals surface area contributed by atoms with Crippen LogP contribution in [0.15, 0.2) is 0 Å². The molecule has 0 aliphatic carbocycles. The molecule has 0 unspecified atom stereocenters. The van der Waals surface area contributed by atoms with Crippen molar-refractivity contribution in [3.05, 3.63) is 0 Å². The molecule has 0 aromatic heterocycles. The molecule has 3 fully saturated rings. The summed E-state index contributed by atoms with van der Waals surface area (Å²) in [4.78, 5) is 33.4. The van der Waals surface area contributed by atoms with Gasteiger partial charge in [0.15, 0.2) is 0 Å². The molecule has 0 bridgehead atoms. The molecular formula is C20H37N5O2. The van der Waals surface area contributed by atoms with Crippen molar-refractivity contribution in [3.8, 4) is 0 Å². The molecular weight excluding hydrogens is 342 g/mol. The summed E-state index contributed by atoms with van der Waals surface area (Å²) in [5.41, 5.74) is 0. The van der Waals surface area contributed by atoms with E-state index < -0.39 is 0 Å². The number of carbonyl (C=O) groups is 2. The molecule has 3 aliphatic heterocycles. The van der Waals surface area contributed by atoms with E-state index >= 15 is 0 Å². The summed E-state index contributed by atoms with van der Waals surface area (Å²) in [5.74, 6) is 0.634. The van der Waals surface area contributed by atoms with Gasteiger partial charge in [0.05, 0.1) is 5.92 Å². The number of likely N-dealkylation sites (N-methyl/N-ethyl adjacent to an activating group) is 1. The third kappa shape index (κ3) is 5.90. The molecule has 3 saturated heterocycles. The topological polar surface area (TPSA) is 59.1 Å². The van der Waals surface area contributed by atoms with Gasteiger partial charge in [0.1, 0.15) is 0 Å². The Morgan fingerprint density at radius 2 is 1.67 bits per heavy atom. The van der Waals surface area contributed by atoms with Crippen LogP contribution >= 0.6 is 0 Å². The monoisotopic (exact) mass is 379 g/mol. The maximum absolute atomic E-state index is 13.0. The molecule has 0 aromatic carbocycles. The molecule has 0 radical (unpaired) electrons. The summed E-state index contributed by atoms with van der Waals surface area (Å²) in [7, 11) is 2.13. The first-order valence-corrected chi connectivity index (χ1v) is 10.7. The van der Waals surface area contributed by atoms with E-state index in [0.717, 1.165) is 78.3 Å². The molecule has 27 heavy (non-hydrogen) atoms. The lowest BCUT2D eigenvalue weighted by atomic mass is 9.92. The highest BCUT2D eigenvalue weighted by molar-refractivity contribution is 5.79. The number of nitrogens with one attached hydrogen (secondary N) is 1. The van der Waals surface area contributed by atoms with Crippen molar-refractivity contribution < 1.29 is 9.59 Å². The molecule has 3 heterocycles. The molecule has 1 N–H and O–H groups in total. The van der Waals surface area contributed by atoms with Gasteiger partial charge in [-0.25, -0.2) is 0 Å². The van der Waals surface area contributed by atoms with Crippen molar-refractivity contribution in [3.63, 3.8) is 0 Å². The van der Waals surface area contributed by atoms with Crippen LogP contribution in [0.1, 0.15) is 32.6 Å². The molecule has 3 rings (SSSR count). The molecule has 0 aromatic rings. The zero-order valence-electron chi connectivity index (χ0n) is 17.2. The van der Waals surface area contributed by atoms with Crippen LogP contribution in [0, 0.1) is 5.92 Å². The summed E-state index contributed by atoms with van der Waals surface area (Å²) < 4.78 is 0. The summed E-state index contributed by atoms with van der Waals surface area (Å²) >= 11 is 0. The Kier molecular flexibility index (Phi) is 7.49. The molecule has 1 atom stereocenters. The molecule has 154 valence electrons. The van der Waals surface area contributed by atoms with E-state index in [1.165, 1.54) is 12.8 Å². The molecule has 7 nitrogen and oxygen atoms in total. The van der Waals surface area contributed by atoms with E-state index in [2.05, 4.69) is 32.0 Å². The second-order valence-corrected chi connectivity index (χ2v) is 8.52. The van der Waals surface area contributed by atoms with Crippen LogP contribution in [0.4, 0.5) is 0 Å². The Morgan fingerprint density at radius 3 is 2.33 bits per heavy atom. The highest BCUT2D eigenvalue weighted by Gasteiger charge is 2.34. The van der Waals surface area contributed by atoms with Crippen LogP contribution < -0.4 is 5.32 Å². The smallest absolute Gasteiger partial charge is 0.227 e. The van der Waals surface area contributed by atoms with Crippen LogP contribution in [0.5, 0.6) is 0 Å². The Bertz CT molecular complexity index is 499. The highest BCUT2D eigenvalue weighted by atomic mass is 16.2. The van der Waals surface area contributed by atoms with Gasteiger partial charge in [-0.3, -0.25) is 14.5 Å². The van der Waals surface area contributed by atoms with E-state index in [0.29, 0.717) is 11.9 Å². The van der Waals surface area contributed by atoms with Gasteiger partial charge in [0, 0.05) is 58.8 Å². The van der Waals surface area contributed by atoms with Crippen molar-refractivity contribution in [2.45, 2.75) is 38.6 Å². The number of amides is 2. The second kappa shape index (κ2) is 9.85. The van der Waals surface area contributed by atoms with Crippen molar-refractivity contribution in [1.29, 1.82) is 0 Å². The number of piperazine rings is 1. The number of carbonyl (C=O) groups excluding carboxylic acids is 2. The fraction of sp³-hybridized carbons (Fsp3) is 0.900. The summed E-state index contributed by atoms with van der Waals surface area (Å²) in [6, 6.07) is 0.616. The van der Waals surface area contributed by atoms with Crippen molar-refractivity contribution >= 4 is 11.8 Å². The van der Waals surface area contributed by atoms with Gasteiger partial charge in [-0.15, -0.1) is 0 Å². The van der Waals surface area contributed by atoms with Crippen molar-refractivity contribution in [1.82, 2.24) is 24.9 Å². The van der Waals surface area contributed by atoms with Gasteiger partial charge in [-0.2, -0.15) is 0 Å². The van der Waals surface area contributed by atoms with E-state index in [-0.39, 0.29) is 11.8 Å². The summed E-state index contributed by atoms with van der Waals surface area (Å²) in [6.07, 6.45) is 4.55. The van der Waals surface area contributed by atoms with Gasteiger partial charge in [0.2, 0.25) is 11.8 Å².